The van der Waals surface area contributed by atoms with Gasteiger partial charge in [-0.3, -0.25) is 4.79 Å². The van der Waals surface area contributed by atoms with E-state index in [2.05, 4.69) is 9.88 Å². The highest BCUT2D eigenvalue weighted by Crippen LogP contribution is 2.33. The second-order valence-electron chi connectivity index (χ2n) is 9.07. The van der Waals surface area contributed by atoms with Crippen LogP contribution in [0.25, 0.3) is 0 Å². The maximum atomic E-state index is 13.4. The third kappa shape index (κ3) is 4.98. The largest absolute Gasteiger partial charge is 0.348 e. The van der Waals surface area contributed by atoms with Crippen LogP contribution in [0.3, 0.4) is 0 Å². The number of nitrogens with one attached hydrogen (secondary N) is 1. The van der Waals surface area contributed by atoms with Crippen molar-refractivity contribution in [1.82, 2.24) is 19.7 Å². The van der Waals surface area contributed by atoms with E-state index in [0.29, 0.717) is 11.6 Å². The zero-order chi connectivity index (χ0) is 22.1. The summed E-state index contributed by atoms with van der Waals surface area (Å²) in [5.41, 5.74) is 1.64. The van der Waals surface area contributed by atoms with Crippen LogP contribution in [0.5, 0.6) is 0 Å². The van der Waals surface area contributed by atoms with Gasteiger partial charge in [0.1, 0.15) is 6.54 Å². The highest BCUT2D eigenvalue weighted by molar-refractivity contribution is 6.30. The number of nitrogens with zero attached hydrogens (tertiary/aromatic N) is 3. The van der Waals surface area contributed by atoms with Crippen LogP contribution in [0.4, 0.5) is 4.79 Å². The SMILES string of the molecule is CC(C)N(CC(=O)N1CCn2cccc2[C@@H]1c1cccc(Cl)c1)C(=O)NC(C)(C)C. The zero-order valence-electron chi connectivity index (χ0n) is 18.4. The van der Waals surface area contributed by atoms with Crippen LogP contribution in [0.1, 0.15) is 51.9 Å². The van der Waals surface area contributed by atoms with E-state index in [-0.39, 0.29) is 36.1 Å². The van der Waals surface area contributed by atoms with E-state index in [0.717, 1.165) is 17.8 Å². The molecule has 7 heteroatoms. The second-order valence-corrected chi connectivity index (χ2v) is 9.51. The van der Waals surface area contributed by atoms with Gasteiger partial charge in [-0.1, -0.05) is 23.7 Å². The smallest absolute Gasteiger partial charge is 0.318 e. The third-order valence-electron chi connectivity index (χ3n) is 5.19. The molecule has 2 aromatic rings. The summed E-state index contributed by atoms with van der Waals surface area (Å²) in [5, 5.41) is 3.60. The molecule has 0 bridgehead atoms. The van der Waals surface area contributed by atoms with Crippen LogP contribution in [0.2, 0.25) is 5.02 Å². The van der Waals surface area contributed by atoms with Crippen LogP contribution in [0.15, 0.2) is 42.6 Å². The Labute approximate surface area is 183 Å². The summed E-state index contributed by atoms with van der Waals surface area (Å²) >= 11 is 6.25. The lowest BCUT2D eigenvalue weighted by atomic mass is 9.99. The summed E-state index contributed by atoms with van der Waals surface area (Å²) in [5.74, 6) is -0.0785. The topological polar surface area (TPSA) is 57.6 Å². The first-order valence-electron chi connectivity index (χ1n) is 10.4. The van der Waals surface area contributed by atoms with Gasteiger partial charge in [0.25, 0.3) is 0 Å². The molecule has 3 rings (SSSR count). The summed E-state index contributed by atoms with van der Waals surface area (Å²) < 4.78 is 2.17. The molecule has 0 aliphatic carbocycles. The van der Waals surface area contributed by atoms with Gasteiger partial charge in [-0.05, 0) is 64.4 Å². The minimum absolute atomic E-state index is 0.0252. The fourth-order valence-electron chi connectivity index (χ4n) is 3.80. The van der Waals surface area contributed by atoms with Gasteiger partial charge in [0.15, 0.2) is 0 Å². The molecule has 2 heterocycles. The molecule has 0 saturated heterocycles. The van der Waals surface area contributed by atoms with Crippen LogP contribution < -0.4 is 5.32 Å². The van der Waals surface area contributed by atoms with Crippen molar-refractivity contribution in [2.24, 2.45) is 0 Å². The van der Waals surface area contributed by atoms with Crippen LogP contribution in [0, 0.1) is 0 Å². The van der Waals surface area contributed by atoms with Gasteiger partial charge >= 0.3 is 6.03 Å². The molecular weight excluding hydrogens is 400 g/mol. The highest BCUT2D eigenvalue weighted by atomic mass is 35.5. The van der Waals surface area contributed by atoms with E-state index >= 15 is 0 Å². The second kappa shape index (κ2) is 8.72. The Hall–Kier alpha value is -2.47. The Morgan fingerprint density at radius 3 is 2.57 bits per heavy atom. The molecule has 0 spiro atoms. The van der Waals surface area contributed by atoms with Crippen molar-refractivity contribution < 1.29 is 9.59 Å². The number of rotatable bonds is 4. The number of amides is 3. The lowest BCUT2D eigenvalue weighted by molar-refractivity contribution is -0.134. The first-order valence-corrected chi connectivity index (χ1v) is 10.7. The van der Waals surface area contributed by atoms with Gasteiger partial charge in [0, 0.05) is 41.6 Å². The first kappa shape index (κ1) is 22.2. The van der Waals surface area contributed by atoms with E-state index < -0.39 is 0 Å². The van der Waals surface area contributed by atoms with Crippen molar-refractivity contribution >= 4 is 23.5 Å². The lowest BCUT2D eigenvalue weighted by Crippen LogP contribution is -2.54. The number of fused-ring (bicyclic) bond motifs is 1. The maximum Gasteiger partial charge on any atom is 0.318 e. The molecule has 1 aromatic heterocycles. The van der Waals surface area contributed by atoms with Crippen molar-refractivity contribution in [3.63, 3.8) is 0 Å². The van der Waals surface area contributed by atoms with E-state index in [1.807, 2.05) is 82.1 Å². The standard InChI is InChI=1S/C23H31ClN4O2/c1-16(2)28(22(30)25-23(3,4)5)15-20(29)27-13-12-26-11-7-10-19(26)21(27)17-8-6-9-18(24)14-17/h6-11,14,16,21H,12-13,15H2,1-5H3,(H,25,30)/t21-/m0/s1. The average molecular weight is 431 g/mol. The zero-order valence-corrected chi connectivity index (χ0v) is 19.1. The molecule has 1 aliphatic heterocycles. The molecule has 1 aliphatic rings. The quantitative estimate of drug-likeness (QED) is 0.786. The van der Waals surface area contributed by atoms with Crippen molar-refractivity contribution in [2.45, 2.75) is 58.8 Å². The van der Waals surface area contributed by atoms with Gasteiger partial charge in [0.05, 0.1) is 6.04 Å². The molecule has 1 N–H and O–H groups in total. The summed E-state index contributed by atoms with van der Waals surface area (Å²) in [7, 11) is 0. The molecule has 0 unspecified atom stereocenters. The monoisotopic (exact) mass is 430 g/mol. The van der Waals surface area contributed by atoms with E-state index in [4.69, 9.17) is 11.6 Å². The fraction of sp³-hybridized carbons (Fsp3) is 0.478. The average Bonchev–Trinajstić information content (AvgIpc) is 3.12. The summed E-state index contributed by atoms with van der Waals surface area (Å²) in [6, 6.07) is 11.1. The van der Waals surface area contributed by atoms with Crippen LogP contribution >= 0.6 is 11.6 Å². The molecule has 1 atom stereocenters. The number of halogens is 1. The van der Waals surface area contributed by atoms with Crippen LogP contribution in [-0.4, -0.2) is 51.0 Å². The molecule has 162 valence electrons. The highest BCUT2D eigenvalue weighted by Gasteiger charge is 2.34. The summed E-state index contributed by atoms with van der Waals surface area (Å²) in [6.07, 6.45) is 2.03. The minimum Gasteiger partial charge on any atom is -0.348 e. The Morgan fingerprint density at radius 2 is 1.93 bits per heavy atom. The van der Waals surface area contributed by atoms with Gasteiger partial charge in [-0.25, -0.2) is 4.79 Å². The van der Waals surface area contributed by atoms with Gasteiger partial charge in [0.2, 0.25) is 5.91 Å². The molecule has 0 saturated carbocycles. The number of carbonyl (C=O) groups is 2. The van der Waals surface area contributed by atoms with Crippen molar-refractivity contribution in [3.8, 4) is 0 Å². The van der Waals surface area contributed by atoms with Gasteiger partial charge in [-0.15, -0.1) is 0 Å². The van der Waals surface area contributed by atoms with Crippen molar-refractivity contribution in [1.29, 1.82) is 0 Å². The molecule has 30 heavy (non-hydrogen) atoms. The summed E-state index contributed by atoms with van der Waals surface area (Å²) in [6.45, 7) is 11.0. The Kier molecular flexibility index (Phi) is 6.46. The molecule has 3 amide bonds. The number of urea groups is 1. The predicted molar refractivity (Wildman–Crippen MR) is 120 cm³/mol. The first-order chi connectivity index (χ1) is 14.1. The Balaban J connectivity index is 1.88. The van der Waals surface area contributed by atoms with Crippen LogP contribution in [-0.2, 0) is 11.3 Å². The van der Waals surface area contributed by atoms with Gasteiger partial charge < -0.3 is 19.7 Å². The molecule has 0 radical (unpaired) electrons. The predicted octanol–water partition coefficient (Wildman–Crippen LogP) is 4.29. The van der Waals surface area contributed by atoms with E-state index in [9.17, 15) is 9.59 Å². The molecule has 0 fully saturated rings. The summed E-state index contributed by atoms with van der Waals surface area (Å²) in [4.78, 5) is 29.7. The van der Waals surface area contributed by atoms with E-state index in [1.165, 1.54) is 0 Å². The molecular formula is C23H31ClN4O2. The third-order valence-corrected chi connectivity index (χ3v) is 5.43. The maximum absolute atomic E-state index is 13.4. The fourth-order valence-corrected chi connectivity index (χ4v) is 4.00. The van der Waals surface area contributed by atoms with Crippen molar-refractivity contribution in [2.75, 3.05) is 13.1 Å². The number of benzene rings is 1. The Morgan fingerprint density at radius 1 is 1.20 bits per heavy atom. The molecule has 1 aromatic carbocycles. The van der Waals surface area contributed by atoms with Gasteiger partial charge in [-0.2, -0.15) is 0 Å². The van der Waals surface area contributed by atoms with E-state index in [1.54, 1.807) is 4.90 Å². The number of aromatic nitrogens is 1. The van der Waals surface area contributed by atoms with Crippen molar-refractivity contribution in [3.05, 3.63) is 58.9 Å². The Bertz CT molecular complexity index is 916. The molecule has 6 nitrogen and oxygen atoms in total. The lowest BCUT2D eigenvalue weighted by Gasteiger charge is -2.39. The number of carbonyl (C=O) groups excluding carboxylic acids is 2. The number of hydrogen-bond donors (Lipinski definition) is 1. The normalized spacial score (nSPS) is 16.4. The minimum atomic E-state index is -0.372. The number of hydrogen-bond acceptors (Lipinski definition) is 2.